The maximum absolute atomic E-state index is 5.50. The van der Waals surface area contributed by atoms with Crippen LogP contribution in [0.4, 0.5) is 17.3 Å². The van der Waals surface area contributed by atoms with Crippen LogP contribution in [0.3, 0.4) is 0 Å². The van der Waals surface area contributed by atoms with Gasteiger partial charge in [0.15, 0.2) is 0 Å². The lowest BCUT2D eigenvalue weighted by Gasteiger charge is -2.08. The number of aromatic nitrogens is 2. The van der Waals surface area contributed by atoms with Crippen molar-refractivity contribution in [2.45, 2.75) is 0 Å². The van der Waals surface area contributed by atoms with Gasteiger partial charge in [0.05, 0.1) is 0 Å². The highest BCUT2D eigenvalue weighted by Crippen LogP contribution is 2.23. The molecule has 0 radical (unpaired) electrons. The molecule has 3 aromatic rings. The minimum atomic E-state index is 0.285. The van der Waals surface area contributed by atoms with Gasteiger partial charge in [0, 0.05) is 29.3 Å². The summed E-state index contributed by atoms with van der Waals surface area (Å²) in [5, 5.41) is 3.36. The third-order valence-electron chi connectivity index (χ3n) is 2.93. The van der Waals surface area contributed by atoms with Crippen LogP contribution in [0.5, 0.6) is 0 Å². The number of para-hydroxylation sites is 1. The maximum atomic E-state index is 5.50. The molecule has 0 aliphatic carbocycles. The SMILES string of the molecule is Nc1ncc(-c2cccc(Nc3ccccc3)c2)cn1. The molecule has 0 saturated heterocycles. The van der Waals surface area contributed by atoms with E-state index >= 15 is 0 Å². The normalized spacial score (nSPS) is 10.2. The Hall–Kier alpha value is -2.88. The number of rotatable bonds is 3. The first-order chi connectivity index (χ1) is 9.81. The molecule has 0 spiro atoms. The van der Waals surface area contributed by atoms with Gasteiger partial charge in [-0.25, -0.2) is 9.97 Å². The van der Waals surface area contributed by atoms with E-state index < -0.39 is 0 Å². The fraction of sp³-hybridized carbons (Fsp3) is 0. The van der Waals surface area contributed by atoms with E-state index in [0.29, 0.717) is 0 Å². The summed E-state index contributed by atoms with van der Waals surface area (Å²) in [6.07, 6.45) is 3.45. The van der Waals surface area contributed by atoms with Crippen molar-refractivity contribution in [3.05, 3.63) is 67.0 Å². The zero-order valence-corrected chi connectivity index (χ0v) is 10.8. The van der Waals surface area contributed by atoms with Crippen molar-refractivity contribution in [3.8, 4) is 11.1 Å². The van der Waals surface area contributed by atoms with Crippen LogP contribution < -0.4 is 11.1 Å². The van der Waals surface area contributed by atoms with Crippen molar-refractivity contribution in [3.63, 3.8) is 0 Å². The Bertz CT molecular complexity index is 693. The molecule has 4 heteroatoms. The van der Waals surface area contributed by atoms with E-state index in [-0.39, 0.29) is 5.95 Å². The average Bonchev–Trinajstić information content (AvgIpc) is 2.49. The van der Waals surface area contributed by atoms with Gasteiger partial charge in [-0.2, -0.15) is 0 Å². The van der Waals surface area contributed by atoms with Crippen molar-refractivity contribution >= 4 is 17.3 Å². The Morgan fingerprint density at radius 2 is 1.45 bits per heavy atom. The monoisotopic (exact) mass is 262 g/mol. The van der Waals surface area contributed by atoms with E-state index in [1.807, 2.05) is 48.5 Å². The standard InChI is InChI=1S/C16H14N4/c17-16-18-10-13(11-19-16)12-5-4-8-15(9-12)20-14-6-2-1-3-7-14/h1-11,20H,(H2,17,18,19). The fourth-order valence-electron chi connectivity index (χ4n) is 1.95. The second-order valence-corrected chi connectivity index (χ2v) is 4.40. The first kappa shape index (κ1) is 12.2. The molecular weight excluding hydrogens is 248 g/mol. The number of hydrogen-bond acceptors (Lipinski definition) is 4. The van der Waals surface area contributed by atoms with Crippen molar-refractivity contribution < 1.29 is 0 Å². The van der Waals surface area contributed by atoms with Crippen LogP contribution in [-0.4, -0.2) is 9.97 Å². The Kier molecular flexibility index (Phi) is 3.29. The summed E-state index contributed by atoms with van der Waals surface area (Å²) in [4.78, 5) is 8.03. The molecule has 1 aromatic heterocycles. The van der Waals surface area contributed by atoms with Crippen LogP contribution in [0.15, 0.2) is 67.0 Å². The number of hydrogen-bond donors (Lipinski definition) is 2. The molecule has 0 amide bonds. The second-order valence-electron chi connectivity index (χ2n) is 4.40. The number of nitrogens with one attached hydrogen (secondary N) is 1. The van der Waals surface area contributed by atoms with Crippen molar-refractivity contribution in [2.75, 3.05) is 11.1 Å². The van der Waals surface area contributed by atoms with E-state index in [1.54, 1.807) is 12.4 Å². The van der Waals surface area contributed by atoms with Gasteiger partial charge in [-0.3, -0.25) is 0 Å². The molecule has 0 unspecified atom stereocenters. The smallest absolute Gasteiger partial charge is 0.219 e. The molecule has 1 heterocycles. The number of benzene rings is 2. The minimum Gasteiger partial charge on any atom is -0.368 e. The van der Waals surface area contributed by atoms with Crippen molar-refractivity contribution in [2.24, 2.45) is 0 Å². The van der Waals surface area contributed by atoms with Crippen LogP contribution in [-0.2, 0) is 0 Å². The number of nitrogen functional groups attached to an aromatic ring is 1. The van der Waals surface area contributed by atoms with Gasteiger partial charge >= 0.3 is 0 Å². The molecule has 0 saturated carbocycles. The number of nitrogens with two attached hydrogens (primary N) is 1. The van der Waals surface area contributed by atoms with E-state index in [0.717, 1.165) is 22.5 Å². The van der Waals surface area contributed by atoms with Crippen LogP contribution in [0, 0.1) is 0 Å². The molecule has 0 aliphatic heterocycles. The van der Waals surface area contributed by atoms with Crippen LogP contribution in [0.1, 0.15) is 0 Å². The van der Waals surface area contributed by atoms with Gasteiger partial charge in [-0.15, -0.1) is 0 Å². The minimum absolute atomic E-state index is 0.285. The predicted molar refractivity (Wildman–Crippen MR) is 81.6 cm³/mol. The highest BCUT2D eigenvalue weighted by atomic mass is 15.0. The summed E-state index contributed by atoms with van der Waals surface area (Å²) >= 11 is 0. The van der Waals surface area contributed by atoms with E-state index in [9.17, 15) is 0 Å². The summed E-state index contributed by atoms with van der Waals surface area (Å²) in [6.45, 7) is 0. The van der Waals surface area contributed by atoms with E-state index in [1.165, 1.54) is 0 Å². The lowest BCUT2D eigenvalue weighted by atomic mass is 10.1. The Balaban J connectivity index is 1.88. The van der Waals surface area contributed by atoms with Crippen LogP contribution in [0.2, 0.25) is 0 Å². The predicted octanol–water partition coefficient (Wildman–Crippen LogP) is 3.47. The summed E-state index contributed by atoms with van der Waals surface area (Å²) in [5.41, 5.74) is 9.56. The third-order valence-corrected chi connectivity index (χ3v) is 2.93. The first-order valence-corrected chi connectivity index (χ1v) is 6.31. The highest BCUT2D eigenvalue weighted by Gasteiger charge is 2.01. The van der Waals surface area contributed by atoms with Gasteiger partial charge in [-0.05, 0) is 29.8 Å². The summed E-state index contributed by atoms with van der Waals surface area (Å²) in [7, 11) is 0. The molecule has 20 heavy (non-hydrogen) atoms. The first-order valence-electron chi connectivity index (χ1n) is 6.31. The Morgan fingerprint density at radius 1 is 0.750 bits per heavy atom. The molecule has 0 bridgehead atoms. The fourth-order valence-corrected chi connectivity index (χ4v) is 1.95. The molecule has 2 aromatic carbocycles. The van der Waals surface area contributed by atoms with Gasteiger partial charge in [0.1, 0.15) is 0 Å². The summed E-state index contributed by atoms with van der Waals surface area (Å²) < 4.78 is 0. The molecule has 4 nitrogen and oxygen atoms in total. The zero-order valence-electron chi connectivity index (χ0n) is 10.8. The molecule has 0 aliphatic rings. The topological polar surface area (TPSA) is 63.8 Å². The van der Waals surface area contributed by atoms with Crippen molar-refractivity contribution in [1.29, 1.82) is 0 Å². The quantitative estimate of drug-likeness (QED) is 0.758. The van der Waals surface area contributed by atoms with Crippen LogP contribution >= 0.6 is 0 Å². The third kappa shape index (κ3) is 2.75. The number of nitrogens with zero attached hydrogens (tertiary/aromatic N) is 2. The van der Waals surface area contributed by atoms with Crippen LogP contribution in [0.25, 0.3) is 11.1 Å². The number of anilines is 3. The second kappa shape index (κ2) is 5.40. The van der Waals surface area contributed by atoms with Crippen molar-refractivity contribution in [1.82, 2.24) is 9.97 Å². The maximum Gasteiger partial charge on any atom is 0.219 e. The molecular formula is C16H14N4. The summed E-state index contributed by atoms with van der Waals surface area (Å²) in [6, 6.07) is 18.1. The summed E-state index contributed by atoms with van der Waals surface area (Å²) in [5.74, 6) is 0.285. The molecule has 3 N–H and O–H groups in total. The zero-order chi connectivity index (χ0) is 13.8. The van der Waals surface area contributed by atoms with Gasteiger partial charge in [-0.1, -0.05) is 30.3 Å². The average molecular weight is 262 g/mol. The largest absolute Gasteiger partial charge is 0.368 e. The molecule has 0 fully saturated rings. The van der Waals surface area contributed by atoms with Gasteiger partial charge in [0.25, 0.3) is 0 Å². The van der Waals surface area contributed by atoms with E-state index in [2.05, 4.69) is 21.4 Å². The highest BCUT2D eigenvalue weighted by molar-refractivity contribution is 5.70. The van der Waals surface area contributed by atoms with Gasteiger partial charge in [0.2, 0.25) is 5.95 Å². The van der Waals surface area contributed by atoms with Gasteiger partial charge < -0.3 is 11.1 Å². The Labute approximate surface area is 117 Å². The lowest BCUT2D eigenvalue weighted by Crippen LogP contribution is -1.94. The molecule has 98 valence electrons. The molecule has 0 atom stereocenters. The lowest BCUT2D eigenvalue weighted by molar-refractivity contribution is 1.19. The van der Waals surface area contributed by atoms with E-state index in [4.69, 9.17) is 5.73 Å². The molecule has 3 rings (SSSR count). The Morgan fingerprint density at radius 3 is 2.20 bits per heavy atom.